The van der Waals surface area contributed by atoms with Gasteiger partial charge in [0.05, 0.1) is 19.4 Å². The SMILES string of the molecule is CCOc1ccc(NC(=O)C2(C(=O)Nc3ccccc3OC)CC2)cc1. The van der Waals surface area contributed by atoms with Gasteiger partial charge in [-0.3, -0.25) is 9.59 Å². The molecular formula is C20H22N2O4. The number of rotatable bonds is 7. The summed E-state index contributed by atoms with van der Waals surface area (Å²) < 4.78 is 10.6. The number of carbonyl (C=O) groups excluding carboxylic acids is 2. The van der Waals surface area contributed by atoms with Crippen molar-refractivity contribution in [2.24, 2.45) is 5.41 Å². The number of hydrogen-bond acceptors (Lipinski definition) is 4. The smallest absolute Gasteiger partial charge is 0.240 e. The molecule has 6 heteroatoms. The molecule has 3 rings (SSSR count). The molecule has 26 heavy (non-hydrogen) atoms. The standard InChI is InChI=1S/C20H22N2O4/c1-3-26-15-10-8-14(9-11-15)21-18(23)20(12-13-20)19(24)22-16-6-4-5-7-17(16)25-2/h4-11H,3,12-13H2,1-2H3,(H,21,23)(H,22,24). The highest BCUT2D eigenvalue weighted by molar-refractivity contribution is 6.17. The first kappa shape index (κ1) is 17.8. The highest BCUT2D eigenvalue weighted by Gasteiger charge is 2.56. The summed E-state index contributed by atoms with van der Waals surface area (Å²) in [5.74, 6) is 0.684. The molecule has 2 aromatic carbocycles. The summed E-state index contributed by atoms with van der Waals surface area (Å²) in [5, 5.41) is 5.63. The molecule has 1 aliphatic rings. The Morgan fingerprint density at radius 2 is 1.65 bits per heavy atom. The van der Waals surface area contributed by atoms with Crippen molar-refractivity contribution in [3.05, 3.63) is 48.5 Å². The fourth-order valence-electron chi connectivity index (χ4n) is 2.72. The lowest BCUT2D eigenvalue weighted by molar-refractivity contribution is -0.131. The second kappa shape index (κ2) is 7.47. The van der Waals surface area contributed by atoms with E-state index in [1.54, 1.807) is 42.5 Å². The van der Waals surface area contributed by atoms with Crippen molar-refractivity contribution >= 4 is 23.2 Å². The second-order valence-electron chi connectivity index (χ2n) is 6.15. The fraction of sp³-hybridized carbons (Fsp3) is 0.300. The quantitative estimate of drug-likeness (QED) is 0.747. The number of nitrogens with one attached hydrogen (secondary N) is 2. The monoisotopic (exact) mass is 354 g/mol. The predicted molar refractivity (Wildman–Crippen MR) is 99.5 cm³/mol. The van der Waals surface area contributed by atoms with Crippen molar-refractivity contribution in [2.75, 3.05) is 24.4 Å². The lowest BCUT2D eigenvalue weighted by Gasteiger charge is -2.17. The van der Waals surface area contributed by atoms with E-state index in [0.29, 0.717) is 36.6 Å². The topological polar surface area (TPSA) is 76.7 Å². The van der Waals surface area contributed by atoms with Crippen molar-refractivity contribution in [1.82, 2.24) is 0 Å². The Bertz CT molecular complexity index is 798. The molecule has 2 amide bonds. The Morgan fingerprint density at radius 3 is 2.27 bits per heavy atom. The van der Waals surface area contributed by atoms with Crippen molar-refractivity contribution in [3.8, 4) is 11.5 Å². The first-order valence-electron chi connectivity index (χ1n) is 8.58. The van der Waals surface area contributed by atoms with Crippen LogP contribution in [0.3, 0.4) is 0 Å². The molecule has 0 aromatic heterocycles. The average Bonchev–Trinajstić information content (AvgIpc) is 3.46. The van der Waals surface area contributed by atoms with Crippen LogP contribution in [-0.4, -0.2) is 25.5 Å². The first-order valence-corrected chi connectivity index (χ1v) is 8.58. The van der Waals surface area contributed by atoms with Gasteiger partial charge in [-0.1, -0.05) is 12.1 Å². The molecule has 6 nitrogen and oxygen atoms in total. The van der Waals surface area contributed by atoms with Gasteiger partial charge in [-0.2, -0.15) is 0 Å². The van der Waals surface area contributed by atoms with Crippen LogP contribution in [0.5, 0.6) is 11.5 Å². The molecule has 2 aromatic rings. The van der Waals surface area contributed by atoms with Gasteiger partial charge < -0.3 is 20.1 Å². The molecule has 1 saturated carbocycles. The molecule has 1 aliphatic carbocycles. The summed E-state index contributed by atoms with van der Waals surface area (Å²) in [6.45, 7) is 2.49. The summed E-state index contributed by atoms with van der Waals surface area (Å²) in [5.41, 5.74) is 0.161. The molecule has 0 radical (unpaired) electrons. The molecule has 2 N–H and O–H groups in total. The number of hydrogen-bond donors (Lipinski definition) is 2. The van der Waals surface area contributed by atoms with Crippen LogP contribution < -0.4 is 20.1 Å². The highest BCUT2D eigenvalue weighted by Crippen LogP contribution is 2.48. The summed E-state index contributed by atoms with van der Waals surface area (Å²) in [4.78, 5) is 25.3. The average molecular weight is 354 g/mol. The van der Waals surface area contributed by atoms with E-state index in [4.69, 9.17) is 9.47 Å². The van der Waals surface area contributed by atoms with Crippen molar-refractivity contribution in [2.45, 2.75) is 19.8 Å². The van der Waals surface area contributed by atoms with Crippen molar-refractivity contribution < 1.29 is 19.1 Å². The van der Waals surface area contributed by atoms with Crippen LogP contribution in [0.1, 0.15) is 19.8 Å². The van der Waals surface area contributed by atoms with E-state index >= 15 is 0 Å². The Hall–Kier alpha value is -3.02. The zero-order valence-electron chi connectivity index (χ0n) is 14.9. The zero-order chi connectivity index (χ0) is 18.6. The van der Waals surface area contributed by atoms with Crippen LogP contribution in [0.25, 0.3) is 0 Å². The van der Waals surface area contributed by atoms with Gasteiger partial charge in [0.15, 0.2) is 0 Å². The van der Waals surface area contributed by atoms with Gasteiger partial charge >= 0.3 is 0 Å². The van der Waals surface area contributed by atoms with Crippen LogP contribution in [-0.2, 0) is 9.59 Å². The van der Waals surface area contributed by atoms with Gasteiger partial charge in [0.1, 0.15) is 16.9 Å². The number of methoxy groups -OCH3 is 1. The fourth-order valence-corrected chi connectivity index (χ4v) is 2.72. The third kappa shape index (κ3) is 3.64. The summed E-state index contributed by atoms with van der Waals surface area (Å²) in [6.07, 6.45) is 1.05. The van der Waals surface area contributed by atoms with Crippen molar-refractivity contribution in [3.63, 3.8) is 0 Å². The maximum Gasteiger partial charge on any atom is 0.240 e. The van der Waals surface area contributed by atoms with Crippen LogP contribution in [0, 0.1) is 5.41 Å². The number of amides is 2. The third-order valence-corrected chi connectivity index (χ3v) is 4.40. The van der Waals surface area contributed by atoms with Gasteiger partial charge in [0.25, 0.3) is 0 Å². The maximum absolute atomic E-state index is 12.7. The number of anilines is 2. The number of para-hydroxylation sites is 2. The molecule has 0 saturated heterocycles. The van der Waals surface area contributed by atoms with E-state index in [1.807, 2.05) is 13.0 Å². The highest BCUT2D eigenvalue weighted by atomic mass is 16.5. The molecule has 0 spiro atoms. The largest absolute Gasteiger partial charge is 0.495 e. The van der Waals surface area contributed by atoms with Gasteiger partial charge in [-0.05, 0) is 56.2 Å². The lowest BCUT2D eigenvalue weighted by Crippen LogP contribution is -2.35. The normalized spacial score (nSPS) is 14.2. The third-order valence-electron chi connectivity index (χ3n) is 4.40. The molecule has 0 heterocycles. The molecule has 0 bridgehead atoms. The molecule has 0 aliphatic heterocycles. The number of ether oxygens (including phenoxy) is 2. The minimum atomic E-state index is -1.03. The van der Waals surface area contributed by atoms with Crippen LogP contribution in [0.4, 0.5) is 11.4 Å². The number of carbonyl (C=O) groups is 2. The van der Waals surface area contributed by atoms with Gasteiger partial charge in [-0.15, -0.1) is 0 Å². The minimum absolute atomic E-state index is 0.297. The van der Waals surface area contributed by atoms with Crippen LogP contribution >= 0.6 is 0 Å². The Morgan fingerprint density at radius 1 is 1.00 bits per heavy atom. The Balaban J connectivity index is 1.67. The first-order chi connectivity index (χ1) is 12.6. The van der Waals surface area contributed by atoms with E-state index in [2.05, 4.69) is 10.6 Å². The van der Waals surface area contributed by atoms with Gasteiger partial charge in [0, 0.05) is 5.69 Å². The summed E-state index contributed by atoms with van der Waals surface area (Å²) in [6, 6.07) is 14.2. The molecule has 136 valence electrons. The molecular weight excluding hydrogens is 332 g/mol. The number of benzene rings is 2. The van der Waals surface area contributed by atoms with Crippen LogP contribution in [0.15, 0.2) is 48.5 Å². The summed E-state index contributed by atoms with van der Waals surface area (Å²) in [7, 11) is 1.54. The van der Waals surface area contributed by atoms with E-state index in [0.717, 1.165) is 5.75 Å². The summed E-state index contributed by atoms with van der Waals surface area (Å²) >= 11 is 0. The lowest BCUT2D eigenvalue weighted by atomic mass is 10.0. The van der Waals surface area contributed by atoms with Gasteiger partial charge in [-0.25, -0.2) is 0 Å². The Labute approximate surface area is 152 Å². The minimum Gasteiger partial charge on any atom is -0.495 e. The second-order valence-corrected chi connectivity index (χ2v) is 6.15. The van der Waals surface area contributed by atoms with E-state index in [-0.39, 0.29) is 11.8 Å². The van der Waals surface area contributed by atoms with Crippen LogP contribution in [0.2, 0.25) is 0 Å². The van der Waals surface area contributed by atoms with Crippen molar-refractivity contribution in [1.29, 1.82) is 0 Å². The van der Waals surface area contributed by atoms with E-state index < -0.39 is 5.41 Å². The van der Waals surface area contributed by atoms with E-state index in [1.165, 1.54) is 7.11 Å². The zero-order valence-corrected chi connectivity index (χ0v) is 14.9. The molecule has 1 fully saturated rings. The van der Waals surface area contributed by atoms with E-state index in [9.17, 15) is 9.59 Å². The molecule has 0 unspecified atom stereocenters. The molecule has 0 atom stereocenters. The maximum atomic E-state index is 12.7. The van der Waals surface area contributed by atoms with Gasteiger partial charge in [0.2, 0.25) is 11.8 Å². The predicted octanol–water partition coefficient (Wildman–Crippen LogP) is 3.45. The Kier molecular flexibility index (Phi) is 5.11.